The summed E-state index contributed by atoms with van der Waals surface area (Å²) in [6.45, 7) is 4.71. The number of pyridine rings is 1. The van der Waals surface area contributed by atoms with Crippen molar-refractivity contribution >= 4 is 10.0 Å². The van der Waals surface area contributed by atoms with Crippen LogP contribution < -0.4 is 4.74 Å². The topological polar surface area (TPSA) is 59.5 Å². The van der Waals surface area contributed by atoms with E-state index in [4.69, 9.17) is 4.74 Å². The lowest BCUT2D eigenvalue weighted by Crippen LogP contribution is -2.31. The van der Waals surface area contributed by atoms with Crippen LogP contribution in [0.1, 0.15) is 17.5 Å². The van der Waals surface area contributed by atoms with Gasteiger partial charge in [0.2, 0.25) is 15.9 Å². The minimum atomic E-state index is -3.45. The maximum atomic E-state index is 12.6. The van der Waals surface area contributed by atoms with Crippen molar-refractivity contribution in [2.75, 3.05) is 13.1 Å². The van der Waals surface area contributed by atoms with Gasteiger partial charge in [-0.2, -0.15) is 4.31 Å². The maximum absolute atomic E-state index is 12.6. The molecule has 23 heavy (non-hydrogen) atoms. The molecule has 1 aromatic carbocycles. The van der Waals surface area contributed by atoms with Crippen molar-refractivity contribution < 1.29 is 13.2 Å². The average molecular weight is 332 g/mol. The molecule has 2 aromatic rings. The van der Waals surface area contributed by atoms with Gasteiger partial charge in [0.05, 0.1) is 11.4 Å². The minimum Gasteiger partial charge on any atom is -0.473 e. The third-order valence-corrected chi connectivity index (χ3v) is 5.82. The first-order chi connectivity index (χ1) is 10.9. The van der Waals surface area contributed by atoms with Crippen molar-refractivity contribution in [1.29, 1.82) is 0 Å². The van der Waals surface area contributed by atoms with Crippen LogP contribution in [0.25, 0.3) is 0 Å². The number of aromatic nitrogens is 1. The Kier molecular flexibility index (Phi) is 4.37. The molecule has 2 heterocycles. The summed E-state index contributed by atoms with van der Waals surface area (Å²) in [5, 5.41) is 0. The van der Waals surface area contributed by atoms with Gasteiger partial charge in [-0.3, -0.25) is 0 Å². The van der Waals surface area contributed by atoms with Crippen molar-refractivity contribution in [3.05, 3.63) is 53.7 Å². The molecule has 1 aliphatic rings. The van der Waals surface area contributed by atoms with E-state index in [1.165, 1.54) is 4.31 Å². The minimum absolute atomic E-state index is 0.162. The molecule has 0 spiro atoms. The van der Waals surface area contributed by atoms with E-state index in [1.807, 2.05) is 38.1 Å². The van der Waals surface area contributed by atoms with Gasteiger partial charge in [0.1, 0.15) is 6.10 Å². The standard InChI is InChI=1S/C17H20N2O3S/c1-13-3-6-16(7-4-13)23(20,21)19-10-9-15(12-19)22-17-8-5-14(2)11-18-17/h3-8,11,15H,9-10,12H2,1-2H3. The Labute approximate surface area is 137 Å². The van der Waals surface area contributed by atoms with E-state index < -0.39 is 10.0 Å². The van der Waals surface area contributed by atoms with Gasteiger partial charge in [-0.15, -0.1) is 0 Å². The molecule has 0 saturated carbocycles. The van der Waals surface area contributed by atoms with E-state index in [0.717, 1.165) is 11.1 Å². The van der Waals surface area contributed by atoms with Crippen LogP contribution in [-0.2, 0) is 10.0 Å². The van der Waals surface area contributed by atoms with E-state index in [9.17, 15) is 8.42 Å². The molecule has 122 valence electrons. The molecule has 1 unspecified atom stereocenters. The van der Waals surface area contributed by atoms with E-state index in [0.29, 0.717) is 30.3 Å². The molecule has 5 nitrogen and oxygen atoms in total. The quantitative estimate of drug-likeness (QED) is 0.863. The molecule has 0 amide bonds. The smallest absolute Gasteiger partial charge is 0.243 e. The molecule has 1 aromatic heterocycles. The fraction of sp³-hybridized carbons (Fsp3) is 0.353. The van der Waals surface area contributed by atoms with Crippen LogP contribution in [-0.4, -0.2) is 36.9 Å². The van der Waals surface area contributed by atoms with Gasteiger partial charge in [0, 0.05) is 18.8 Å². The highest BCUT2D eigenvalue weighted by molar-refractivity contribution is 7.89. The van der Waals surface area contributed by atoms with E-state index in [2.05, 4.69) is 4.98 Å². The maximum Gasteiger partial charge on any atom is 0.243 e. The Balaban J connectivity index is 1.69. The molecule has 1 saturated heterocycles. The first-order valence-corrected chi connectivity index (χ1v) is 9.05. The number of ether oxygens (including phenoxy) is 1. The summed E-state index contributed by atoms with van der Waals surface area (Å²) in [5.41, 5.74) is 2.10. The van der Waals surface area contributed by atoms with Gasteiger partial charge in [0.15, 0.2) is 0 Å². The highest BCUT2D eigenvalue weighted by Crippen LogP contribution is 2.23. The van der Waals surface area contributed by atoms with Gasteiger partial charge in [-0.05, 0) is 38.0 Å². The largest absolute Gasteiger partial charge is 0.473 e. The Hall–Kier alpha value is -1.92. The predicted molar refractivity (Wildman–Crippen MR) is 87.9 cm³/mol. The first-order valence-electron chi connectivity index (χ1n) is 7.61. The van der Waals surface area contributed by atoms with Gasteiger partial charge in [-0.1, -0.05) is 23.8 Å². The Morgan fingerprint density at radius 1 is 1.09 bits per heavy atom. The molecule has 0 radical (unpaired) electrons. The summed E-state index contributed by atoms with van der Waals surface area (Å²) in [4.78, 5) is 4.54. The van der Waals surface area contributed by atoms with Crippen LogP contribution in [0.5, 0.6) is 5.88 Å². The molecule has 1 atom stereocenters. The van der Waals surface area contributed by atoms with E-state index in [1.54, 1.807) is 18.3 Å². The summed E-state index contributed by atoms with van der Waals surface area (Å²) in [5.74, 6) is 0.537. The molecular weight excluding hydrogens is 312 g/mol. The second-order valence-electron chi connectivity index (χ2n) is 5.88. The van der Waals surface area contributed by atoms with Crippen molar-refractivity contribution in [3.63, 3.8) is 0 Å². The highest BCUT2D eigenvalue weighted by atomic mass is 32.2. The fourth-order valence-corrected chi connectivity index (χ4v) is 4.05. The summed E-state index contributed by atoms with van der Waals surface area (Å²) < 4.78 is 32.6. The lowest BCUT2D eigenvalue weighted by molar-refractivity contribution is 0.207. The van der Waals surface area contributed by atoms with E-state index in [-0.39, 0.29) is 6.10 Å². The molecule has 0 bridgehead atoms. The lowest BCUT2D eigenvalue weighted by Gasteiger charge is -2.17. The molecule has 1 fully saturated rings. The Bertz CT molecular complexity index is 770. The Morgan fingerprint density at radius 3 is 2.43 bits per heavy atom. The monoisotopic (exact) mass is 332 g/mol. The zero-order valence-corrected chi connectivity index (χ0v) is 14.1. The first kappa shape index (κ1) is 16.0. The molecular formula is C17H20N2O3S. The SMILES string of the molecule is Cc1ccc(S(=O)(=O)N2CCC(Oc3ccc(C)cn3)C2)cc1. The third kappa shape index (κ3) is 3.54. The van der Waals surface area contributed by atoms with Gasteiger partial charge in [-0.25, -0.2) is 13.4 Å². The fourth-order valence-electron chi connectivity index (χ4n) is 2.57. The van der Waals surface area contributed by atoms with Crippen LogP contribution in [0.15, 0.2) is 47.5 Å². The summed E-state index contributed by atoms with van der Waals surface area (Å²) in [6.07, 6.45) is 2.25. The number of aryl methyl sites for hydroxylation is 2. The Morgan fingerprint density at radius 2 is 1.78 bits per heavy atom. The second-order valence-corrected chi connectivity index (χ2v) is 7.82. The van der Waals surface area contributed by atoms with Crippen molar-refractivity contribution in [1.82, 2.24) is 9.29 Å². The van der Waals surface area contributed by atoms with Crippen molar-refractivity contribution in [2.24, 2.45) is 0 Å². The van der Waals surface area contributed by atoms with Crippen molar-refractivity contribution in [3.8, 4) is 5.88 Å². The van der Waals surface area contributed by atoms with Crippen LogP contribution in [0.3, 0.4) is 0 Å². The van der Waals surface area contributed by atoms with Gasteiger partial charge >= 0.3 is 0 Å². The van der Waals surface area contributed by atoms with Crippen molar-refractivity contribution in [2.45, 2.75) is 31.3 Å². The zero-order valence-electron chi connectivity index (χ0n) is 13.3. The second kappa shape index (κ2) is 6.29. The van der Waals surface area contributed by atoms with Gasteiger partial charge < -0.3 is 4.74 Å². The van der Waals surface area contributed by atoms with Crippen LogP contribution >= 0.6 is 0 Å². The lowest BCUT2D eigenvalue weighted by atomic mass is 10.2. The van der Waals surface area contributed by atoms with Crippen LogP contribution in [0.2, 0.25) is 0 Å². The van der Waals surface area contributed by atoms with Gasteiger partial charge in [0.25, 0.3) is 0 Å². The molecule has 0 aliphatic carbocycles. The number of rotatable bonds is 4. The van der Waals surface area contributed by atoms with Crippen LogP contribution in [0, 0.1) is 13.8 Å². The highest BCUT2D eigenvalue weighted by Gasteiger charge is 2.33. The number of benzene rings is 1. The number of hydrogen-bond acceptors (Lipinski definition) is 4. The number of hydrogen-bond donors (Lipinski definition) is 0. The molecule has 1 aliphatic heterocycles. The third-order valence-electron chi connectivity index (χ3n) is 3.94. The number of nitrogens with zero attached hydrogens (tertiary/aromatic N) is 2. The van der Waals surface area contributed by atoms with Crippen LogP contribution in [0.4, 0.5) is 0 Å². The normalized spacial score (nSPS) is 19.0. The average Bonchev–Trinajstić information content (AvgIpc) is 2.99. The molecule has 3 rings (SSSR count). The summed E-state index contributed by atoms with van der Waals surface area (Å²) in [7, 11) is -3.45. The summed E-state index contributed by atoms with van der Waals surface area (Å²) in [6, 6.07) is 10.7. The summed E-state index contributed by atoms with van der Waals surface area (Å²) >= 11 is 0. The molecule has 6 heteroatoms. The zero-order chi connectivity index (χ0) is 16.4. The predicted octanol–water partition coefficient (Wildman–Crippen LogP) is 2.54. The van der Waals surface area contributed by atoms with E-state index >= 15 is 0 Å². The molecule has 0 N–H and O–H groups in total. The number of sulfonamides is 1.